The minimum Gasteiger partial charge on any atom is -0.385 e. The largest absolute Gasteiger partial charge is 0.385 e. The van der Waals surface area contributed by atoms with Gasteiger partial charge in [0, 0.05) is 18.3 Å². The predicted octanol–water partition coefficient (Wildman–Crippen LogP) is 1.75. The Morgan fingerprint density at radius 2 is 1.87 bits per heavy atom. The zero-order chi connectivity index (χ0) is 11.1. The maximum absolute atomic E-state index is 11.0. The van der Waals surface area contributed by atoms with Crippen molar-refractivity contribution in [2.75, 3.05) is 6.54 Å². The molecule has 0 aliphatic heterocycles. The Hall–Kier alpha value is -1.38. The molecule has 0 atom stereocenters. The van der Waals surface area contributed by atoms with Crippen molar-refractivity contribution < 1.29 is 9.59 Å². The second kappa shape index (κ2) is 6.17. The van der Waals surface area contributed by atoms with Gasteiger partial charge in [-0.2, -0.15) is 0 Å². The fourth-order valence-electron chi connectivity index (χ4n) is 1.40. The Kier molecular flexibility index (Phi) is 4.81. The number of unbranched alkanes of at least 4 members (excludes halogenated alkanes) is 3. The first-order valence-corrected chi connectivity index (χ1v) is 5.46. The third-order valence-corrected chi connectivity index (χ3v) is 2.30. The van der Waals surface area contributed by atoms with Crippen molar-refractivity contribution in [2.24, 2.45) is 0 Å². The Morgan fingerprint density at radius 3 is 2.53 bits per heavy atom. The molecule has 0 bridgehead atoms. The van der Waals surface area contributed by atoms with E-state index >= 15 is 0 Å². The molecule has 0 unspecified atom stereocenters. The van der Waals surface area contributed by atoms with Gasteiger partial charge < -0.3 is 5.32 Å². The number of nitrogens with one attached hydrogen (secondary N) is 1. The highest BCUT2D eigenvalue weighted by Gasteiger charge is 2.12. The van der Waals surface area contributed by atoms with Gasteiger partial charge in [0.05, 0.1) is 0 Å². The summed E-state index contributed by atoms with van der Waals surface area (Å²) in [4.78, 5) is 21.9. The summed E-state index contributed by atoms with van der Waals surface area (Å²) < 4.78 is 0. The van der Waals surface area contributed by atoms with Crippen molar-refractivity contribution >= 4 is 11.6 Å². The molecule has 0 saturated carbocycles. The topological polar surface area (TPSA) is 46.2 Å². The molecule has 82 valence electrons. The number of hydrogen-bond donors (Lipinski definition) is 1. The molecule has 0 radical (unpaired) electrons. The van der Waals surface area contributed by atoms with Crippen LogP contribution in [-0.4, -0.2) is 18.1 Å². The SMILES string of the molecule is CCCCCCNC1=CC(=O)C(=O)C=C1. The molecule has 3 nitrogen and oxygen atoms in total. The maximum Gasteiger partial charge on any atom is 0.227 e. The summed E-state index contributed by atoms with van der Waals surface area (Å²) in [5.41, 5.74) is 0.746. The van der Waals surface area contributed by atoms with Crippen LogP contribution in [0.25, 0.3) is 0 Å². The number of carbonyl (C=O) groups excluding carboxylic acids is 2. The summed E-state index contributed by atoms with van der Waals surface area (Å²) in [7, 11) is 0. The van der Waals surface area contributed by atoms with Crippen molar-refractivity contribution in [3.63, 3.8) is 0 Å². The summed E-state index contributed by atoms with van der Waals surface area (Å²) in [5.74, 6) is -0.875. The van der Waals surface area contributed by atoms with Crippen LogP contribution < -0.4 is 5.32 Å². The molecular weight excluding hydrogens is 190 g/mol. The van der Waals surface area contributed by atoms with Gasteiger partial charge in [-0.15, -0.1) is 0 Å². The van der Waals surface area contributed by atoms with E-state index in [9.17, 15) is 9.59 Å². The molecule has 0 amide bonds. The maximum atomic E-state index is 11.0. The van der Waals surface area contributed by atoms with E-state index in [2.05, 4.69) is 12.2 Å². The highest BCUT2D eigenvalue weighted by molar-refractivity contribution is 6.46. The lowest BCUT2D eigenvalue weighted by Gasteiger charge is -2.08. The van der Waals surface area contributed by atoms with E-state index < -0.39 is 11.6 Å². The average molecular weight is 207 g/mol. The molecule has 1 aliphatic rings. The second-order valence-electron chi connectivity index (χ2n) is 3.65. The van der Waals surface area contributed by atoms with Crippen molar-refractivity contribution in [3.8, 4) is 0 Å². The van der Waals surface area contributed by atoms with Crippen LogP contribution in [0.5, 0.6) is 0 Å². The highest BCUT2D eigenvalue weighted by Crippen LogP contribution is 2.03. The zero-order valence-corrected chi connectivity index (χ0v) is 9.08. The average Bonchev–Trinajstić information content (AvgIpc) is 2.23. The Labute approximate surface area is 90.2 Å². The Balaban J connectivity index is 2.22. The molecule has 15 heavy (non-hydrogen) atoms. The van der Waals surface area contributed by atoms with Crippen LogP contribution in [0.1, 0.15) is 32.6 Å². The van der Waals surface area contributed by atoms with Gasteiger partial charge in [-0.05, 0) is 18.6 Å². The molecule has 3 heteroatoms. The molecule has 0 aromatic carbocycles. The quantitative estimate of drug-likeness (QED) is 0.410. The second-order valence-corrected chi connectivity index (χ2v) is 3.65. The van der Waals surface area contributed by atoms with E-state index in [4.69, 9.17) is 0 Å². The van der Waals surface area contributed by atoms with Gasteiger partial charge >= 0.3 is 0 Å². The number of rotatable bonds is 6. The predicted molar refractivity (Wildman–Crippen MR) is 59.4 cm³/mol. The third kappa shape index (κ3) is 4.11. The highest BCUT2D eigenvalue weighted by atomic mass is 16.2. The number of allylic oxidation sites excluding steroid dienone is 3. The summed E-state index contributed by atoms with van der Waals surface area (Å²) in [6.07, 6.45) is 9.10. The first kappa shape index (κ1) is 11.7. The summed E-state index contributed by atoms with van der Waals surface area (Å²) in [5, 5.41) is 3.13. The molecule has 0 saturated heterocycles. The van der Waals surface area contributed by atoms with Crippen molar-refractivity contribution in [3.05, 3.63) is 23.9 Å². The van der Waals surface area contributed by atoms with E-state index in [0.29, 0.717) is 0 Å². The standard InChI is InChI=1S/C12H17NO2/c1-2-3-4-5-8-13-10-6-7-11(14)12(15)9-10/h6-7,9,13H,2-5,8H2,1H3. The molecule has 0 aromatic heterocycles. The number of carbonyl (C=O) groups is 2. The molecule has 0 heterocycles. The lowest BCUT2D eigenvalue weighted by Crippen LogP contribution is -2.20. The fourth-order valence-corrected chi connectivity index (χ4v) is 1.40. The Morgan fingerprint density at radius 1 is 1.07 bits per heavy atom. The molecular formula is C12H17NO2. The minimum absolute atomic E-state index is 0.437. The summed E-state index contributed by atoms with van der Waals surface area (Å²) in [6, 6.07) is 0. The lowest BCUT2D eigenvalue weighted by molar-refractivity contribution is -0.131. The molecule has 1 rings (SSSR count). The minimum atomic E-state index is -0.438. The summed E-state index contributed by atoms with van der Waals surface area (Å²) >= 11 is 0. The van der Waals surface area contributed by atoms with E-state index in [1.807, 2.05) is 0 Å². The van der Waals surface area contributed by atoms with Crippen molar-refractivity contribution in [2.45, 2.75) is 32.6 Å². The van der Waals surface area contributed by atoms with E-state index in [0.717, 1.165) is 18.7 Å². The van der Waals surface area contributed by atoms with E-state index in [-0.39, 0.29) is 0 Å². The third-order valence-electron chi connectivity index (χ3n) is 2.30. The monoisotopic (exact) mass is 207 g/mol. The van der Waals surface area contributed by atoms with Crippen LogP contribution in [-0.2, 0) is 9.59 Å². The van der Waals surface area contributed by atoms with E-state index in [1.54, 1.807) is 6.08 Å². The van der Waals surface area contributed by atoms with Gasteiger partial charge in [0.2, 0.25) is 11.6 Å². The fraction of sp³-hybridized carbons (Fsp3) is 0.500. The van der Waals surface area contributed by atoms with E-state index in [1.165, 1.54) is 31.4 Å². The van der Waals surface area contributed by atoms with Gasteiger partial charge in [0.25, 0.3) is 0 Å². The normalized spacial score (nSPS) is 15.4. The lowest BCUT2D eigenvalue weighted by atomic mass is 10.1. The van der Waals surface area contributed by atoms with Gasteiger partial charge in [-0.25, -0.2) is 0 Å². The number of ketones is 2. The van der Waals surface area contributed by atoms with Gasteiger partial charge in [0.15, 0.2) is 0 Å². The van der Waals surface area contributed by atoms with Crippen molar-refractivity contribution in [1.29, 1.82) is 0 Å². The van der Waals surface area contributed by atoms with Crippen LogP contribution in [0.15, 0.2) is 23.9 Å². The smallest absolute Gasteiger partial charge is 0.227 e. The molecule has 0 spiro atoms. The number of hydrogen-bond acceptors (Lipinski definition) is 3. The van der Waals surface area contributed by atoms with Gasteiger partial charge in [0.1, 0.15) is 0 Å². The van der Waals surface area contributed by atoms with Crippen LogP contribution >= 0.6 is 0 Å². The first-order chi connectivity index (χ1) is 7.24. The van der Waals surface area contributed by atoms with Crippen LogP contribution in [0, 0.1) is 0 Å². The molecule has 0 aromatic rings. The van der Waals surface area contributed by atoms with Crippen LogP contribution in [0.3, 0.4) is 0 Å². The van der Waals surface area contributed by atoms with Gasteiger partial charge in [-0.3, -0.25) is 9.59 Å². The molecule has 1 aliphatic carbocycles. The zero-order valence-electron chi connectivity index (χ0n) is 9.08. The first-order valence-electron chi connectivity index (χ1n) is 5.46. The molecule has 1 N–H and O–H groups in total. The summed E-state index contributed by atoms with van der Waals surface area (Å²) in [6.45, 7) is 3.03. The Bertz CT molecular complexity index is 303. The van der Waals surface area contributed by atoms with Gasteiger partial charge in [-0.1, -0.05) is 26.2 Å². The van der Waals surface area contributed by atoms with Crippen LogP contribution in [0.4, 0.5) is 0 Å². The molecule has 0 fully saturated rings. The van der Waals surface area contributed by atoms with Crippen LogP contribution in [0.2, 0.25) is 0 Å². The van der Waals surface area contributed by atoms with Crippen molar-refractivity contribution in [1.82, 2.24) is 5.32 Å².